The molecule has 4 rings (SSSR count). The molecule has 1 fully saturated rings. The number of carbonyl (C=O) groups excluding carboxylic acids is 1. The molecule has 0 spiro atoms. The molecule has 2 N–H and O–H groups in total. The van der Waals surface area contributed by atoms with Crippen molar-refractivity contribution in [3.63, 3.8) is 0 Å². The number of alkyl halides is 3. The van der Waals surface area contributed by atoms with Gasteiger partial charge in [0.2, 0.25) is 0 Å². The summed E-state index contributed by atoms with van der Waals surface area (Å²) < 4.78 is 58.8. The van der Waals surface area contributed by atoms with Gasteiger partial charge in [-0.05, 0) is 90.6 Å². The Balaban J connectivity index is -0.000000721. The second-order valence-electron chi connectivity index (χ2n) is 11.2. The van der Waals surface area contributed by atoms with Crippen LogP contribution in [0.5, 0.6) is 0 Å². The van der Waals surface area contributed by atoms with E-state index in [1.54, 1.807) is 24.3 Å². The largest absolute Gasteiger partial charge is 0.389 e. The topological polar surface area (TPSA) is 49.3 Å². The fourth-order valence-corrected chi connectivity index (χ4v) is 5.15. The van der Waals surface area contributed by atoms with Crippen LogP contribution in [-0.2, 0) is 11.2 Å². The number of aliphatic hydroxyl groups is 1. The van der Waals surface area contributed by atoms with E-state index >= 15 is 0 Å². The van der Waals surface area contributed by atoms with Crippen molar-refractivity contribution >= 4 is 6.79 Å². The fraction of sp³-hybridized carbons (Fsp3) is 0.475. The van der Waals surface area contributed by atoms with Gasteiger partial charge in [0.25, 0.3) is 0 Å². The Morgan fingerprint density at radius 3 is 2.00 bits per heavy atom. The van der Waals surface area contributed by atoms with Gasteiger partial charge in [0, 0.05) is 23.4 Å². The van der Waals surface area contributed by atoms with Gasteiger partial charge in [-0.1, -0.05) is 86.9 Å². The number of allylic oxidation sites excluding steroid dienone is 4. The SMILES string of the molecule is C#C.C=CC.C=O.CC.CCC(F)(F)F.CN[C@H](C)c1c(F)cccc1CCC1(O)CCC2=CC(C)=CCC21C.Cc1ccc(F)cc1. The van der Waals surface area contributed by atoms with Gasteiger partial charge in [-0.15, -0.1) is 19.4 Å². The lowest BCUT2D eigenvalue weighted by atomic mass is 9.67. The maximum absolute atomic E-state index is 14.4. The van der Waals surface area contributed by atoms with Crippen LogP contribution < -0.4 is 5.32 Å². The van der Waals surface area contributed by atoms with Gasteiger partial charge in [-0.2, -0.15) is 13.2 Å². The third-order valence-electron chi connectivity index (χ3n) is 8.01. The molecule has 2 aliphatic carbocycles. The van der Waals surface area contributed by atoms with E-state index in [-0.39, 0.29) is 23.1 Å². The molecule has 0 heterocycles. The van der Waals surface area contributed by atoms with Gasteiger partial charge in [0.15, 0.2) is 0 Å². The Kier molecular flexibility index (Phi) is 25.9. The van der Waals surface area contributed by atoms with Crippen molar-refractivity contribution in [1.82, 2.24) is 5.32 Å². The molecular formula is C40H58F5NO2. The summed E-state index contributed by atoms with van der Waals surface area (Å²) in [4.78, 5) is 8.00. The maximum Gasteiger partial charge on any atom is 0.388 e. The molecule has 0 radical (unpaired) electrons. The second-order valence-corrected chi connectivity index (χ2v) is 11.2. The van der Waals surface area contributed by atoms with Crippen molar-refractivity contribution in [3.8, 4) is 12.8 Å². The van der Waals surface area contributed by atoms with Crippen LogP contribution in [0.2, 0.25) is 0 Å². The van der Waals surface area contributed by atoms with E-state index in [9.17, 15) is 27.1 Å². The molecule has 2 aromatic carbocycles. The number of terminal acetylenes is 1. The van der Waals surface area contributed by atoms with Gasteiger partial charge in [0.1, 0.15) is 18.4 Å². The molecule has 0 amide bonds. The van der Waals surface area contributed by atoms with Crippen molar-refractivity contribution < 1.29 is 31.9 Å². The monoisotopic (exact) mass is 679 g/mol. The van der Waals surface area contributed by atoms with Crippen LogP contribution in [0.1, 0.15) is 103 Å². The molecule has 270 valence electrons. The van der Waals surface area contributed by atoms with Crippen LogP contribution in [0, 0.1) is 36.8 Å². The molecule has 3 atom stereocenters. The number of halogens is 5. The molecule has 3 nitrogen and oxygen atoms in total. The molecule has 2 unspecified atom stereocenters. The van der Waals surface area contributed by atoms with Crippen LogP contribution in [0.15, 0.2) is 78.4 Å². The average molecular weight is 680 g/mol. The molecule has 1 saturated carbocycles. The molecule has 0 bridgehead atoms. The first kappa shape index (κ1) is 48.9. The van der Waals surface area contributed by atoms with Crippen molar-refractivity contribution in [2.45, 2.75) is 112 Å². The Bertz CT molecular complexity index is 1230. The summed E-state index contributed by atoms with van der Waals surface area (Å²) in [5.41, 5.74) is 4.58. The number of rotatable bonds is 5. The van der Waals surface area contributed by atoms with Crippen LogP contribution in [-0.4, -0.2) is 30.7 Å². The van der Waals surface area contributed by atoms with Gasteiger partial charge in [-0.3, -0.25) is 0 Å². The van der Waals surface area contributed by atoms with Crippen molar-refractivity contribution in [2.24, 2.45) is 5.41 Å². The van der Waals surface area contributed by atoms with E-state index in [4.69, 9.17) is 4.79 Å². The van der Waals surface area contributed by atoms with Crippen LogP contribution >= 0.6 is 0 Å². The number of nitrogens with one attached hydrogen (secondary N) is 1. The Hall–Kier alpha value is -3.54. The van der Waals surface area contributed by atoms with E-state index in [1.807, 2.05) is 54.5 Å². The average Bonchev–Trinajstić information content (AvgIpc) is 3.34. The summed E-state index contributed by atoms with van der Waals surface area (Å²) in [7, 11) is 1.85. The third-order valence-corrected chi connectivity index (χ3v) is 8.01. The highest BCUT2D eigenvalue weighted by atomic mass is 19.4. The minimum absolute atomic E-state index is 0.0410. The highest BCUT2D eigenvalue weighted by Crippen LogP contribution is 2.56. The van der Waals surface area contributed by atoms with Gasteiger partial charge in [-0.25, -0.2) is 8.78 Å². The molecule has 2 aliphatic rings. The zero-order chi connectivity index (χ0) is 38.1. The Morgan fingerprint density at radius 1 is 1.06 bits per heavy atom. The lowest BCUT2D eigenvalue weighted by molar-refractivity contribution is -0.130. The molecule has 0 aliphatic heterocycles. The highest BCUT2D eigenvalue weighted by Gasteiger charge is 2.53. The van der Waals surface area contributed by atoms with Gasteiger partial charge in [0.05, 0.1) is 5.60 Å². The number of hydrogen-bond donors (Lipinski definition) is 2. The maximum atomic E-state index is 14.4. The summed E-state index contributed by atoms with van der Waals surface area (Å²) in [6.07, 6.45) is 13.6. The van der Waals surface area contributed by atoms with Crippen molar-refractivity contribution in [1.29, 1.82) is 0 Å². The van der Waals surface area contributed by atoms with E-state index in [2.05, 4.69) is 50.7 Å². The standard InChI is InChI=1S/C22H30FNO.C7H7F.C3H5F3.C3H6.C2H6.C2H2.CH2O/c1-15-8-11-21(3)18(14-15)10-13-22(21,25)12-9-17-6-5-7-19(23)20(17)16(2)24-4;1-6-2-4-7(8)5-3-6;1-2-3(4,5)6;1-3-2;3*1-2/h5-8,14,16,24-25H,9-13H2,1-4H3;2-5H,1H3;2H2,1H3;3H,1H2,2H3;1-2H3;1-2H;1H2/t16-,21?,22?;;;;;;/m1....../s1. The van der Waals surface area contributed by atoms with Crippen LogP contribution in [0.25, 0.3) is 0 Å². The van der Waals surface area contributed by atoms with E-state index < -0.39 is 18.2 Å². The summed E-state index contributed by atoms with van der Waals surface area (Å²) >= 11 is 0. The normalized spacial score (nSPS) is 19.1. The first-order chi connectivity index (χ1) is 22.6. The summed E-state index contributed by atoms with van der Waals surface area (Å²) in [5, 5.41) is 14.6. The zero-order valence-corrected chi connectivity index (χ0v) is 30.4. The van der Waals surface area contributed by atoms with Crippen LogP contribution in [0.3, 0.4) is 0 Å². The Morgan fingerprint density at radius 2 is 1.56 bits per heavy atom. The molecule has 8 heteroatoms. The lowest BCUT2D eigenvalue weighted by Gasteiger charge is -2.42. The highest BCUT2D eigenvalue weighted by molar-refractivity contribution is 5.38. The number of benzene rings is 2. The Labute approximate surface area is 287 Å². The van der Waals surface area contributed by atoms with Gasteiger partial charge >= 0.3 is 6.18 Å². The smallest absolute Gasteiger partial charge is 0.388 e. The number of carbonyl (C=O) groups is 1. The summed E-state index contributed by atoms with van der Waals surface area (Å²) in [5.74, 6) is -0.337. The molecule has 0 saturated heterocycles. The predicted octanol–water partition coefficient (Wildman–Crippen LogP) is 11.2. The second kappa shape index (κ2) is 25.5. The van der Waals surface area contributed by atoms with Gasteiger partial charge < -0.3 is 15.2 Å². The minimum Gasteiger partial charge on any atom is -0.389 e. The predicted molar refractivity (Wildman–Crippen MR) is 193 cm³/mol. The quantitative estimate of drug-likeness (QED) is 0.188. The molecule has 2 aromatic rings. The molecular weight excluding hydrogens is 621 g/mol. The van der Waals surface area contributed by atoms with E-state index in [0.29, 0.717) is 12.8 Å². The zero-order valence-electron chi connectivity index (χ0n) is 30.4. The van der Waals surface area contributed by atoms with E-state index in [1.165, 1.54) is 29.3 Å². The molecule has 48 heavy (non-hydrogen) atoms. The fourth-order valence-electron chi connectivity index (χ4n) is 5.15. The number of fused-ring (bicyclic) bond motifs is 1. The first-order valence-electron chi connectivity index (χ1n) is 16.1. The van der Waals surface area contributed by atoms with Crippen molar-refractivity contribution in [3.05, 3.63) is 107 Å². The van der Waals surface area contributed by atoms with Crippen molar-refractivity contribution in [2.75, 3.05) is 7.05 Å². The molecule has 0 aromatic heterocycles. The third kappa shape index (κ3) is 16.5. The summed E-state index contributed by atoms with van der Waals surface area (Å²) in [6.45, 7) is 20.6. The summed E-state index contributed by atoms with van der Waals surface area (Å²) in [6, 6.07) is 11.6. The first-order valence-corrected chi connectivity index (χ1v) is 16.1. The van der Waals surface area contributed by atoms with E-state index in [0.717, 1.165) is 42.9 Å². The van der Waals surface area contributed by atoms with Crippen LogP contribution in [0.4, 0.5) is 22.0 Å². The number of aryl methyl sites for hydroxylation is 2. The number of hydrogen-bond acceptors (Lipinski definition) is 3. The lowest BCUT2D eigenvalue weighted by Crippen LogP contribution is -2.43. The minimum atomic E-state index is -3.96.